The van der Waals surface area contributed by atoms with Crippen LogP contribution in [0.4, 0.5) is 0 Å². The highest BCUT2D eigenvalue weighted by Gasteiger charge is 2.28. The van der Waals surface area contributed by atoms with Crippen molar-refractivity contribution >= 4 is 0 Å². The van der Waals surface area contributed by atoms with Crippen LogP contribution in [0.5, 0.6) is 0 Å². The molecule has 0 saturated heterocycles. The molecule has 0 aliphatic heterocycles. The van der Waals surface area contributed by atoms with Crippen molar-refractivity contribution in [1.82, 2.24) is 4.90 Å². The zero-order valence-electron chi connectivity index (χ0n) is 10.1. The fourth-order valence-corrected chi connectivity index (χ4v) is 2.22. The third-order valence-corrected chi connectivity index (χ3v) is 3.24. The van der Waals surface area contributed by atoms with Crippen LogP contribution in [0.15, 0.2) is 22.8 Å². The Morgan fingerprint density at radius 1 is 1.56 bits per heavy atom. The van der Waals surface area contributed by atoms with Crippen molar-refractivity contribution in [3.8, 4) is 0 Å². The molecular weight excluding hydrogens is 200 g/mol. The largest absolute Gasteiger partial charge is 0.468 e. The number of hydrogen-bond donors (Lipinski definition) is 1. The van der Waals surface area contributed by atoms with Crippen LogP contribution in [0, 0.1) is 5.92 Å². The van der Waals surface area contributed by atoms with E-state index in [2.05, 4.69) is 11.8 Å². The van der Waals surface area contributed by atoms with E-state index in [1.165, 1.54) is 25.8 Å². The van der Waals surface area contributed by atoms with Gasteiger partial charge in [0, 0.05) is 13.1 Å². The number of nitrogens with two attached hydrogens (primary N) is 1. The summed E-state index contributed by atoms with van der Waals surface area (Å²) in [5.41, 5.74) is 5.89. The van der Waals surface area contributed by atoms with Gasteiger partial charge in [0.1, 0.15) is 5.76 Å². The predicted octanol–water partition coefficient (Wildman–Crippen LogP) is 2.40. The second-order valence-corrected chi connectivity index (χ2v) is 4.71. The second kappa shape index (κ2) is 5.51. The summed E-state index contributed by atoms with van der Waals surface area (Å²) >= 11 is 0. The first kappa shape index (κ1) is 11.7. The lowest BCUT2D eigenvalue weighted by Gasteiger charge is -2.29. The first-order valence-electron chi connectivity index (χ1n) is 6.32. The van der Waals surface area contributed by atoms with Crippen LogP contribution in [0.25, 0.3) is 0 Å². The summed E-state index contributed by atoms with van der Waals surface area (Å²) in [6.45, 7) is 5.14. The highest BCUT2D eigenvalue weighted by atomic mass is 16.3. The van der Waals surface area contributed by atoms with E-state index in [-0.39, 0.29) is 6.04 Å². The van der Waals surface area contributed by atoms with E-state index in [1.807, 2.05) is 12.1 Å². The molecule has 90 valence electrons. The normalized spacial score (nSPS) is 17.9. The van der Waals surface area contributed by atoms with Crippen molar-refractivity contribution in [2.75, 3.05) is 19.6 Å². The molecule has 2 rings (SSSR count). The molecule has 1 heterocycles. The molecule has 1 aliphatic rings. The zero-order valence-corrected chi connectivity index (χ0v) is 10.1. The molecule has 1 fully saturated rings. The summed E-state index contributed by atoms with van der Waals surface area (Å²) in [7, 11) is 0. The molecule has 1 aromatic heterocycles. The molecule has 16 heavy (non-hydrogen) atoms. The van der Waals surface area contributed by atoms with E-state index in [1.54, 1.807) is 6.26 Å². The van der Waals surface area contributed by atoms with Gasteiger partial charge in [-0.15, -0.1) is 0 Å². The minimum atomic E-state index is 0.260. The molecule has 0 aromatic carbocycles. The maximum Gasteiger partial charge on any atom is 0.122 e. The first-order valence-corrected chi connectivity index (χ1v) is 6.32. The Morgan fingerprint density at radius 2 is 2.38 bits per heavy atom. The number of furan rings is 1. The lowest BCUT2D eigenvalue weighted by molar-refractivity contribution is 0.172. The standard InChI is InChI=1S/C13H22N2O/c1-2-7-15(10-11-5-6-11)12(9-14)13-4-3-8-16-13/h3-4,8,11-12H,2,5-7,9-10,14H2,1H3. The SMILES string of the molecule is CCCN(CC1CC1)C(CN)c1ccco1. The third kappa shape index (κ3) is 2.86. The molecule has 1 unspecified atom stereocenters. The van der Waals surface area contributed by atoms with Gasteiger partial charge < -0.3 is 10.2 Å². The molecule has 1 atom stereocenters. The summed E-state index contributed by atoms with van der Waals surface area (Å²) in [5.74, 6) is 1.91. The van der Waals surface area contributed by atoms with Crippen molar-refractivity contribution in [3.05, 3.63) is 24.2 Å². The molecule has 0 radical (unpaired) electrons. The molecule has 1 aliphatic carbocycles. The van der Waals surface area contributed by atoms with Gasteiger partial charge in [-0.05, 0) is 43.9 Å². The van der Waals surface area contributed by atoms with Crippen LogP contribution in [0.2, 0.25) is 0 Å². The van der Waals surface area contributed by atoms with Crippen molar-refractivity contribution in [3.63, 3.8) is 0 Å². The van der Waals surface area contributed by atoms with Gasteiger partial charge in [-0.1, -0.05) is 6.92 Å². The molecule has 0 spiro atoms. The molecule has 1 aromatic rings. The van der Waals surface area contributed by atoms with Gasteiger partial charge in [-0.25, -0.2) is 0 Å². The Hall–Kier alpha value is -0.800. The predicted molar refractivity (Wildman–Crippen MR) is 65.1 cm³/mol. The van der Waals surface area contributed by atoms with E-state index >= 15 is 0 Å². The van der Waals surface area contributed by atoms with Crippen LogP contribution < -0.4 is 5.73 Å². The summed E-state index contributed by atoms with van der Waals surface area (Å²) in [6.07, 6.45) is 5.68. The van der Waals surface area contributed by atoms with Gasteiger partial charge in [-0.3, -0.25) is 4.90 Å². The summed E-state index contributed by atoms with van der Waals surface area (Å²) in [6, 6.07) is 4.24. The monoisotopic (exact) mass is 222 g/mol. The molecule has 0 bridgehead atoms. The van der Waals surface area contributed by atoms with Gasteiger partial charge in [0.2, 0.25) is 0 Å². The van der Waals surface area contributed by atoms with E-state index in [0.717, 1.165) is 18.2 Å². The Balaban J connectivity index is 2.02. The van der Waals surface area contributed by atoms with E-state index in [9.17, 15) is 0 Å². The van der Waals surface area contributed by atoms with E-state index in [0.29, 0.717) is 6.54 Å². The quantitative estimate of drug-likeness (QED) is 0.770. The average molecular weight is 222 g/mol. The van der Waals surface area contributed by atoms with Crippen LogP contribution in [0.3, 0.4) is 0 Å². The number of nitrogens with zero attached hydrogens (tertiary/aromatic N) is 1. The topological polar surface area (TPSA) is 42.4 Å². The first-order chi connectivity index (χ1) is 7.85. The Kier molecular flexibility index (Phi) is 4.02. The van der Waals surface area contributed by atoms with Crippen LogP contribution in [0.1, 0.15) is 38.0 Å². The van der Waals surface area contributed by atoms with E-state index < -0.39 is 0 Å². The molecule has 2 N–H and O–H groups in total. The fourth-order valence-electron chi connectivity index (χ4n) is 2.22. The highest BCUT2D eigenvalue weighted by Crippen LogP contribution is 2.32. The fraction of sp³-hybridized carbons (Fsp3) is 0.692. The van der Waals surface area contributed by atoms with Gasteiger partial charge in [0.15, 0.2) is 0 Å². The third-order valence-electron chi connectivity index (χ3n) is 3.24. The van der Waals surface area contributed by atoms with Crippen LogP contribution in [-0.4, -0.2) is 24.5 Å². The molecule has 3 nitrogen and oxygen atoms in total. The molecule has 0 amide bonds. The van der Waals surface area contributed by atoms with Gasteiger partial charge >= 0.3 is 0 Å². The minimum absolute atomic E-state index is 0.260. The minimum Gasteiger partial charge on any atom is -0.468 e. The molecular formula is C13H22N2O. The maximum atomic E-state index is 5.89. The molecule has 3 heteroatoms. The second-order valence-electron chi connectivity index (χ2n) is 4.71. The summed E-state index contributed by atoms with van der Waals surface area (Å²) < 4.78 is 5.49. The van der Waals surface area contributed by atoms with Crippen LogP contribution in [-0.2, 0) is 0 Å². The van der Waals surface area contributed by atoms with Crippen molar-refractivity contribution in [2.45, 2.75) is 32.2 Å². The number of rotatable bonds is 7. The Bertz CT molecular complexity index is 293. The van der Waals surface area contributed by atoms with Gasteiger partial charge in [0.25, 0.3) is 0 Å². The highest BCUT2D eigenvalue weighted by molar-refractivity contribution is 5.05. The average Bonchev–Trinajstić information content (AvgIpc) is 2.94. The zero-order chi connectivity index (χ0) is 11.4. The maximum absolute atomic E-state index is 5.89. The van der Waals surface area contributed by atoms with Crippen LogP contribution >= 0.6 is 0 Å². The smallest absolute Gasteiger partial charge is 0.122 e. The Morgan fingerprint density at radius 3 is 2.88 bits per heavy atom. The van der Waals surface area contributed by atoms with Crippen molar-refractivity contribution in [1.29, 1.82) is 0 Å². The van der Waals surface area contributed by atoms with Crippen molar-refractivity contribution < 1.29 is 4.42 Å². The lowest BCUT2D eigenvalue weighted by Crippen LogP contribution is -2.35. The van der Waals surface area contributed by atoms with E-state index in [4.69, 9.17) is 10.2 Å². The summed E-state index contributed by atoms with van der Waals surface area (Å²) in [5, 5.41) is 0. The van der Waals surface area contributed by atoms with Crippen molar-refractivity contribution in [2.24, 2.45) is 11.7 Å². The number of hydrogen-bond acceptors (Lipinski definition) is 3. The summed E-state index contributed by atoms with van der Waals surface area (Å²) in [4.78, 5) is 2.48. The Labute approximate surface area is 97.6 Å². The van der Waals surface area contributed by atoms with Gasteiger partial charge in [-0.2, -0.15) is 0 Å². The van der Waals surface area contributed by atoms with Gasteiger partial charge in [0.05, 0.1) is 12.3 Å². The molecule has 1 saturated carbocycles. The lowest BCUT2D eigenvalue weighted by atomic mass is 10.1.